The summed E-state index contributed by atoms with van der Waals surface area (Å²) in [5.74, 6) is -0.000518. The molecule has 13 nitrogen and oxygen atoms in total. The zero-order valence-corrected chi connectivity index (χ0v) is 34.1. The lowest BCUT2D eigenvalue weighted by Crippen LogP contribution is -2.52. The van der Waals surface area contributed by atoms with Crippen LogP contribution in [0.25, 0.3) is 0 Å². The maximum Gasteiger partial charge on any atom is 0.418 e. The molecule has 0 spiro atoms. The van der Waals surface area contributed by atoms with Crippen LogP contribution in [-0.4, -0.2) is 113 Å². The van der Waals surface area contributed by atoms with Crippen LogP contribution in [0.15, 0.2) is 60.9 Å². The number of likely N-dealkylation sites (tertiary alicyclic amines) is 3. The Labute approximate surface area is 352 Å². The molecule has 4 aliphatic rings. The largest absolute Gasteiger partial charge is 0.460 e. The second-order valence-corrected chi connectivity index (χ2v) is 16.6. The van der Waals surface area contributed by atoms with Crippen molar-refractivity contribution in [2.75, 3.05) is 63.4 Å². The normalized spacial score (nSPS) is 19.3. The number of nitrogens with one attached hydrogen (secondary N) is 1. The molecule has 60 heavy (non-hydrogen) atoms. The first-order valence-electron chi connectivity index (χ1n) is 20.6. The standard InChI is InChI=1S/C43H51ClF3N7O6/c44-35-24-29(23-34(39(35)48)43(45,46)47)25-37(60-42(58)53-20-12-33(13-21-53)54-22-11-32-3-1-2-4-36(32)50-41(54)57)40(56)52-18-9-31(10-19-52)30-7-16-51(17-8-30)26-38(55)59-27-28-5-14-49-15-6-28/h1-6,14-15,23-24,30-31,33,37H,7-13,16-22,25-27,48H2,(H,50,57)/t37-/m1/s1. The minimum absolute atomic E-state index is 0.0578. The van der Waals surface area contributed by atoms with Gasteiger partial charge in [-0.2, -0.15) is 13.2 Å². The van der Waals surface area contributed by atoms with Crippen molar-refractivity contribution < 1.29 is 41.8 Å². The van der Waals surface area contributed by atoms with E-state index in [0.717, 1.165) is 61.7 Å². The number of urea groups is 1. The first kappa shape index (κ1) is 43.0. The van der Waals surface area contributed by atoms with Crippen LogP contribution in [0.2, 0.25) is 5.02 Å². The number of fused-ring (bicyclic) bond motifs is 1. The van der Waals surface area contributed by atoms with E-state index >= 15 is 0 Å². The van der Waals surface area contributed by atoms with Gasteiger partial charge in [-0.05, 0) is 117 Å². The molecule has 3 aromatic rings. The van der Waals surface area contributed by atoms with Crippen LogP contribution in [-0.2, 0) is 44.7 Å². The van der Waals surface area contributed by atoms with Gasteiger partial charge in [0.15, 0.2) is 6.10 Å². The lowest BCUT2D eigenvalue weighted by atomic mass is 9.78. The molecule has 3 fully saturated rings. The minimum atomic E-state index is -4.79. The van der Waals surface area contributed by atoms with Gasteiger partial charge in [-0.1, -0.05) is 29.8 Å². The number of ether oxygens (including phenoxy) is 2. The van der Waals surface area contributed by atoms with Gasteiger partial charge in [0.2, 0.25) is 0 Å². The summed E-state index contributed by atoms with van der Waals surface area (Å²) in [5, 5.41) is 2.68. The van der Waals surface area contributed by atoms with Gasteiger partial charge in [0.1, 0.15) is 6.61 Å². The average molecular weight is 854 g/mol. The quantitative estimate of drug-likeness (QED) is 0.169. The number of aromatic nitrogens is 1. The Balaban J connectivity index is 0.944. The van der Waals surface area contributed by atoms with Crippen molar-refractivity contribution in [2.45, 2.75) is 76.3 Å². The number of nitrogen functional groups attached to an aromatic ring is 1. The second-order valence-electron chi connectivity index (χ2n) is 16.2. The second kappa shape index (κ2) is 19.1. The third-order valence-corrected chi connectivity index (χ3v) is 12.7. The van der Waals surface area contributed by atoms with Crippen molar-refractivity contribution in [2.24, 2.45) is 11.8 Å². The number of nitrogens with zero attached hydrogens (tertiary/aromatic N) is 5. The number of carbonyl (C=O) groups excluding carboxylic acids is 4. The molecule has 7 rings (SSSR count). The van der Waals surface area contributed by atoms with Crippen LogP contribution < -0.4 is 11.1 Å². The lowest BCUT2D eigenvalue weighted by Gasteiger charge is -2.41. The Morgan fingerprint density at radius 2 is 1.52 bits per heavy atom. The third kappa shape index (κ3) is 10.6. The number of alkyl halides is 3. The molecule has 0 radical (unpaired) electrons. The summed E-state index contributed by atoms with van der Waals surface area (Å²) in [6.07, 6.45) is 0.943. The van der Waals surface area contributed by atoms with E-state index in [-0.39, 0.29) is 61.3 Å². The monoisotopic (exact) mass is 853 g/mol. The predicted octanol–water partition coefficient (Wildman–Crippen LogP) is 6.63. The van der Waals surface area contributed by atoms with Gasteiger partial charge in [0.25, 0.3) is 5.91 Å². The summed E-state index contributed by atoms with van der Waals surface area (Å²) in [6.45, 7) is 3.81. The van der Waals surface area contributed by atoms with Crippen molar-refractivity contribution in [1.29, 1.82) is 0 Å². The number of halogens is 4. The predicted molar refractivity (Wildman–Crippen MR) is 218 cm³/mol. The Morgan fingerprint density at radius 3 is 2.20 bits per heavy atom. The molecule has 2 aromatic carbocycles. The van der Waals surface area contributed by atoms with E-state index in [9.17, 15) is 32.3 Å². The van der Waals surface area contributed by atoms with Gasteiger partial charge in [0.05, 0.1) is 22.8 Å². The molecule has 4 amide bonds. The fourth-order valence-electron chi connectivity index (χ4n) is 8.96. The summed E-state index contributed by atoms with van der Waals surface area (Å²) in [6, 6.07) is 13.1. The van der Waals surface area contributed by atoms with Crippen molar-refractivity contribution >= 4 is 47.0 Å². The number of hydrogen-bond donors (Lipinski definition) is 2. The molecule has 5 heterocycles. The maximum atomic E-state index is 14.2. The SMILES string of the molecule is Nc1c(Cl)cc(C[C@@H](OC(=O)N2CCC(N3CCc4ccccc4NC3=O)CC2)C(=O)N2CCC(C3CCN(CC(=O)OCc4ccncc4)CC3)CC2)cc1C(F)(F)F. The van der Waals surface area contributed by atoms with Gasteiger partial charge < -0.3 is 35.2 Å². The molecule has 0 unspecified atom stereocenters. The number of rotatable bonds is 10. The molecular formula is C43H51ClF3N7O6. The van der Waals surface area contributed by atoms with Gasteiger partial charge in [0, 0.05) is 63.3 Å². The first-order chi connectivity index (χ1) is 28.8. The van der Waals surface area contributed by atoms with Crippen LogP contribution >= 0.6 is 11.6 Å². The molecule has 3 saturated heterocycles. The van der Waals surface area contributed by atoms with E-state index in [2.05, 4.69) is 15.2 Å². The van der Waals surface area contributed by atoms with Gasteiger partial charge in [-0.25, -0.2) is 9.59 Å². The van der Waals surface area contributed by atoms with Crippen LogP contribution in [0.3, 0.4) is 0 Å². The summed E-state index contributed by atoms with van der Waals surface area (Å²) in [5.41, 5.74) is 6.71. The Bertz CT molecular complexity index is 2000. The molecule has 17 heteroatoms. The fraction of sp³-hybridized carbons (Fsp3) is 0.512. The Morgan fingerprint density at radius 1 is 0.867 bits per heavy atom. The topological polar surface area (TPSA) is 151 Å². The van der Waals surface area contributed by atoms with Crippen LogP contribution in [0.4, 0.5) is 34.1 Å². The van der Waals surface area contributed by atoms with Gasteiger partial charge in [-0.3, -0.25) is 19.5 Å². The van der Waals surface area contributed by atoms with E-state index in [1.807, 2.05) is 24.3 Å². The third-order valence-electron chi connectivity index (χ3n) is 12.4. The highest BCUT2D eigenvalue weighted by atomic mass is 35.5. The summed E-state index contributed by atoms with van der Waals surface area (Å²) in [7, 11) is 0. The smallest absolute Gasteiger partial charge is 0.418 e. The lowest BCUT2D eigenvalue weighted by molar-refractivity contribution is -0.146. The molecule has 1 aromatic heterocycles. The van der Waals surface area contributed by atoms with Crippen molar-refractivity contribution in [3.8, 4) is 0 Å². The fourth-order valence-corrected chi connectivity index (χ4v) is 9.20. The zero-order chi connectivity index (χ0) is 42.4. The number of esters is 1. The molecule has 1 atom stereocenters. The maximum absolute atomic E-state index is 14.2. The number of para-hydroxylation sites is 1. The van der Waals surface area contributed by atoms with Crippen molar-refractivity contribution in [3.05, 3.63) is 88.2 Å². The number of carbonyl (C=O) groups is 4. The molecule has 0 saturated carbocycles. The van der Waals surface area contributed by atoms with E-state index in [0.29, 0.717) is 50.7 Å². The molecule has 3 N–H and O–H groups in total. The van der Waals surface area contributed by atoms with Crippen LogP contribution in [0, 0.1) is 11.8 Å². The summed E-state index contributed by atoms with van der Waals surface area (Å²) < 4.78 is 53.1. The highest BCUT2D eigenvalue weighted by Gasteiger charge is 2.39. The molecule has 4 aliphatic heterocycles. The number of pyridine rings is 1. The van der Waals surface area contributed by atoms with Gasteiger partial charge in [-0.15, -0.1) is 0 Å². The van der Waals surface area contributed by atoms with Gasteiger partial charge >= 0.3 is 24.3 Å². The number of anilines is 2. The number of benzene rings is 2. The average Bonchev–Trinajstić information content (AvgIpc) is 3.42. The van der Waals surface area contributed by atoms with Crippen molar-refractivity contribution in [3.63, 3.8) is 0 Å². The molecule has 322 valence electrons. The highest BCUT2D eigenvalue weighted by Crippen LogP contribution is 2.39. The number of hydrogen-bond acceptors (Lipinski definition) is 9. The van der Waals surface area contributed by atoms with E-state index in [1.165, 1.54) is 11.0 Å². The number of nitrogens with two attached hydrogens (primary N) is 1. The molecular weight excluding hydrogens is 803 g/mol. The highest BCUT2D eigenvalue weighted by molar-refractivity contribution is 6.33. The summed E-state index contributed by atoms with van der Waals surface area (Å²) >= 11 is 6.15. The molecule has 0 aliphatic carbocycles. The minimum Gasteiger partial charge on any atom is -0.460 e. The first-order valence-corrected chi connectivity index (χ1v) is 21.0. The van der Waals surface area contributed by atoms with E-state index < -0.39 is 35.5 Å². The van der Waals surface area contributed by atoms with Crippen LogP contribution in [0.5, 0.6) is 0 Å². The Kier molecular flexibility index (Phi) is 13.7. The van der Waals surface area contributed by atoms with Crippen LogP contribution in [0.1, 0.15) is 60.8 Å². The zero-order valence-electron chi connectivity index (χ0n) is 33.4. The molecule has 0 bridgehead atoms. The van der Waals surface area contributed by atoms with Crippen molar-refractivity contribution in [1.82, 2.24) is 24.6 Å². The van der Waals surface area contributed by atoms with E-state index in [1.54, 1.807) is 34.3 Å². The summed E-state index contributed by atoms with van der Waals surface area (Å²) in [4.78, 5) is 64.5. The Hall–Kier alpha value is -5.09. The number of amides is 4. The number of piperidine rings is 3. The van der Waals surface area contributed by atoms with E-state index in [4.69, 9.17) is 26.8 Å².